The molecule has 0 saturated heterocycles. The van der Waals surface area contributed by atoms with E-state index in [0.29, 0.717) is 0 Å². The van der Waals surface area contributed by atoms with Crippen molar-refractivity contribution in [1.82, 2.24) is 15.1 Å². The van der Waals surface area contributed by atoms with Gasteiger partial charge in [0.05, 0.1) is 6.20 Å². The Hall–Kier alpha value is -1.61. The summed E-state index contributed by atoms with van der Waals surface area (Å²) < 4.78 is 2.02. The number of aromatic nitrogens is 2. The molecule has 1 aliphatic rings. The first-order valence-electron chi connectivity index (χ1n) is 7.20. The van der Waals surface area contributed by atoms with Crippen molar-refractivity contribution in [3.05, 3.63) is 42.2 Å². The van der Waals surface area contributed by atoms with Crippen molar-refractivity contribution in [1.29, 1.82) is 0 Å². The molecule has 1 aromatic heterocycles. The fourth-order valence-electron chi connectivity index (χ4n) is 2.27. The molecule has 3 heteroatoms. The molecule has 1 saturated carbocycles. The maximum atomic E-state index is 4.40. The van der Waals surface area contributed by atoms with E-state index in [0.717, 1.165) is 25.6 Å². The van der Waals surface area contributed by atoms with Crippen molar-refractivity contribution in [2.75, 3.05) is 0 Å². The number of nitrogens with zero attached hydrogens (tertiary/aromatic N) is 2. The SMILES string of the molecule is CCCn1cc(-c2cccc(CNC3CC3)c2)cn1. The van der Waals surface area contributed by atoms with Gasteiger partial charge in [-0.2, -0.15) is 5.10 Å². The van der Waals surface area contributed by atoms with Gasteiger partial charge in [-0.3, -0.25) is 4.68 Å². The summed E-state index contributed by atoms with van der Waals surface area (Å²) in [7, 11) is 0. The lowest BCUT2D eigenvalue weighted by atomic mass is 10.1. The van der Waals surface area contributed by atoms with Crippen LogP contribution in [0.15, 0.2) is 36.7 Å². The Morgan fingerprint density at radius 1 is 1.32 bits per heavy atom. The van der Waals surface area contributed by atoms with Crippen LogP contribution in [0.1, 0.15) is 31.7 Å². The number of rotatable bonds is 6. The summed E-state index contributed by atoms with van der Waals surface area (Å²) in [6.07, 6.45) is 7.89. The van der Waals surface area contributed by atoms with E-state index in [1.807, 2.05) is 10.9 Å². The molecular weight excluding hydrogens is 234 g/mol. The minimum absolute atomic E-state index is 0.760. The van der Waals surface area contributed by atoms with Gasteiger partial charge in [-0.15, -0.1) is 0 Å². The first kappa shape index (κ1) is 12.4. The zero-order valence-electron chi connectivity index (χ0n) is 11.5. The number of aryl methyl sites for hydroxylation is 1. The molecule has 0 atom stereocenters. The molecule has 0 radical (unpaired) electrons. The molecular formula is C16H21N3. The highest BCUT2D eigenvalue weighted by Gasteiger charge is 2.19. The van der Waals surface area contributed by atoms with Crippen molar-refractivity contribution < 1.29 is 0 Å². The summed E-state index contributed by atoms with van der Waals surface area (Å²) in [6, 6.07) is 9.51. The summed E-state index contributed by atoms with van der Waals surface area (Å²) in [5.41, 5.74) is 3.83. The Morgan fingerprint density at radius 3 is 3.00 bits per heavy atom. The second-order valence-electron chi connectivity index (χ2n) is 5.35. The Labute approximate surface area is 114 Å². The van der Waals surface area contributed by atoms with Crippen LogP contribution >= 0.6 is 0 Å². The Balaban J connectivity index is 1.72. The highest BCUT2D eigenvalue weighted by molar-refractivity contribution is 5.62. The molecule has 2 aromatic rings. The molecule has 1 fully saturated rings. The summed E-state index contributed by atoms with van der Waals surface area (Å²) in [6.45, 7) is 4.13. The van der Waals surface area contributed by atoms with Crippen LogP contribution in [0.25, 0.3) is 11.1 Å². The maximum absolute atomic E-state index is 4.40. The maximum Gasteiger partial charge on any atom is 0.0568 e. The highest BCUT2D eigenvalue weighted by atomic mass is 15.3. The van der Waals surface area contributed by atoms with Crippen LogP contribution in [0.3, 0.4) is 0 Å². The normalized spacial score (nSPS) is 14.8. The summed E-state index contributed by atoms with van der Waals surface area (Å²) in [5, 5.41) is 7.95. The van der Waals surface area contributed by atoms with Crippen LogP contribution in [0, 0.1) is 0 Å². The lowest BCUT2D eigenvalue weighted by molar-refractivity contribution is 0.603. The van der Waals surface area contributed by atoms with Gasteiger partial charge in [0.1, 0.15) is 0 Å². The van der Waals surface area contributed by atoms with Gasteiger partial charge in [-0.05, 0) is 36.5 Å². The summed E-state index contributed by atoms with van der Waals surface area (Å²) in [5.74, 6) is 0. The van der Waals surface area contributed by atoms with Crippen LogP contribution in [-0.4, -0.2) is 15.8 Å². The molecule has 1 aliphatic carbocycles. The standard InChI is InChI=1S/C16H21N3/c1-2-8-19-12-15(11-18-19)14-5-3-4-13(9-14)10-17-16-6-7-16/h3-5,9,11-12,16-17H,2,6-8,10H2,1H3. The van der Waals surface area contributed by atoms with Gasteiger partial charge in [0.15, 0.2) is 0 Å². The number of nitrogens with one attached hydrogen (secondary N) is 1. The monoisotopic (exact) mass is 255 g/mol. The van der Waals surface area contributed by atoms with E-state index in [1.54, 1.807) is 0 Å². The Bertz CT molecular complexity index is 540. The van der Waals surface area contributed by atoms with Crippen molar-refractivity contribution in [3.8, 4) is 11.1 Å². The largest absolute Gasteiger partial charge is 0.310 e. The lowest BCUT2D eigenvalue weighted by Crippen LogP contribution is -2.15. The van der Waals surface area contributed by atoms with Crippen LogP contribution in [0.2, 0.25) is 0 Å². The van der Waals surface area contributed by atoms with Crippen molar-refractivity contribution in [3.63, 3.8) is 0 Å². The highest BCUT2D eigenvalue weighted by Crippen LogP contribution is 2.22. The van der Waals surface area contributed by atoms with Gasteiger partial charge in [0.2, 0.25) is 0 Å². The molecule has 1 N–H and O–H groups in total. The van der Waals surface area contributed by atoms with E-state index in [4.69, 9.17) is 0 Å². The first-order valence-corrected chi connectivity index (χ1v) is 7.20. The minimum atomic E-state index is 0.760. The molecule has 0 bridgehead atoms. The fraction of sp³-hybridized carbons (Fsp3) is 0.438. The number of hydrogen-bond acceptors (Lipinski definition) is 2. The third kappa shape index (κ3) is 3.24. The fourth-order valence-corrected chi connectivity index (χ4v) is 2.27. The van der Waals surface area contributed by atoms with E-state index in [2.05, 4.69) is 47.8 Å². The van der Waals surface area contributed by atoms with E-state index in [9.17, 15) is 0 Å². The summed E-state index contributed by atoms with van der Waals surface area (Å²) >= 11 is 0. The third-order valence-electron chi connectivity index (χ3n) is 3.52. The van der Waals surface area contributed by atoms with Crippen LogP contribution in [0.4, 0.5) is 0 Å². The number of benzene rings is 1. The van der Waals surface area contributed by atoms with Gasteiger partial charge in [-0.25, -0.2) is 0 Å². The van der Waals surface area contributed by atoms with Gasteiger partial charge >= 0.3 is 0 Å². The van der Waals surface area contributed by atoms with Gasteiger partial charge in [0, 0.05) is 30.9 Å². The van der Waals surface area contributed by atoms with Crippen molar-refractivity contribution in [2.24, 2.45) is 0 Å². The second kappa shape index (κ2) is 5.57. The predicted octanol–water partition coefficient (Wildman–Crippen LogP) is 3.21. The summed E-state index contributed by atoms with van der Waals surface area (Å²) in [4.78, 5) is 0. The van der Waals surface area contributed by atoms with Gasteiger partial charge < -0.3 is 5.32 Å². The average molecular weight is 255 g/mol. The molecule has 1 aromatic carbocycles. The first-order chi connectivity index (χ1) is 9.35. The Kier molecular flexibility index (Phi) is 3.65. The molecule has 0 spiro atoms. The molecule has 3 rings (SSSR count). The van der Waals surface area contributed by atoms with Crippen LogP contribution < -0.4 is 5.32 Å². The van der Waals surface area contributed by atoms with Gasteiger partial charge in [0.25, 0.3) is 0 Å². The van der Waals surface area contributed by atoms with Crippen molar-refractivity contribution in [2.45, 2.75) is 45.3 Å². The van der Waals surface area contributed by atoms with E-state index in [-0.39, 0.29) is 0 Å². The van der Waals surface area contributed by atoms with E-state index < -0.39 is 0 Å². The average Bonchev–Trinajstić information content (AvgIpc) is 3.15. The van der Waals surface area contributed by atoms with Crippen LogP contribution in [-0.2, 0) is 13.1 Å². The van der Waals surface area contributed by atoms with Crippen molar-refractivity contribution >= 4 is 0 Å². The second-order valence-corrected chi connectivity index (χ2v) is 5.35. The lowest BCUT2D eigenvalue weighted by Gasteiger charge is -2.05. The predicted molar refractivity (Wildman–Crippen MR) is 77.8 cm³/mol. The molecule has 0 unspecified atom stereocenters. The molecule has 19 heavy (non-hydrogen) atoms. The quantitative estimate of drug-likeness (QED) is 0.859. The topological polar surface area (TPSA) is 29.9 Å². The smallest absolute Gasteiger partial charge is 0.0568 e. The molecule has 0 amide bonds. The van der Waals surface area contributed by atoms with Crippen LogP contribution in [0.5, 0.6) is 0 Å². The zero-order chi connectivity index (χ0) is 13.1. The Morgan fingerprint density at radius 2 is 2.21 bits per heavy atom. The molecule has 0 aliphatic heterocycles. The zero-order valence-corrected chi connectivity index (χ0v) is 11.5. The van der Waals surface area contributed by atoms with E-state index >= 15 is 0 Å². The molecule has 3 nitrogen and oxygen atoms in total. The van der Waals surface area contributed by atoms with E-state index in [1.165, 1.54) is 29.5 Å². The van der Waals surface area contributed by atoms with Gasteiger partial charge in [-0.1, -0.05) is 25.1 Å². The molecule has 1 heterocycles. The minimum Gasteiger partial charge on any atom is -0.310 e. The molecule has 100 valence electrons. The number of hydrogen-bond donors (Lipinski definition) is 1. The third-order valence-corrected chi connectivity index (χ3v) is 3.52.